The zero-order chi connectivity index (χ0) is 13.7. The minimum Gasteiger partial charge on any atom is -0.359 e. The van der Waals surface area contributed by atoms with Crippen LogP contribution in [-0.2, 0) is 4.79 Å². The smallest absolute Gasteiger partial charge is 0.207 e. The lowest BCUT2D eigenvalue weighted by atomic mass is 10.0. The Hall–Kier alpha value is -1.31. The van der Waals surface area contributed by atoms with Crippen LogP contribution in [0, 0.1) is 6.92 Å². The van der Waals surface area contributed by atoms with Gasteiger partial charge in [-0.25, -0.2) is 0 Å². The summed E-state index contributed by atoms with van der Waals surface area (Å²) in [5.74, 6) is 0.653. The highest BCUT2D eigenvalue weighted by atomic mass is 16.1. The van der Waals surface area contributed by atoms with E-state index in [1.165, 1.54) is 11.1 Å². The molecule has 1 amide bonds. The molecule has 0 aromatic heterocycles. The first-order chi connectivity index (χ1) is 8.11. The quantitative estimate of drug-likeness (QED) is 0.794. The number of carbonyl (C=O) groups excluding carboxylic acids is 1. The lowest BCUT2D eigenvalue weighted by Gasteiger charge is -2.03. The van der Waals surface area contributed by atoms with E-state index in [-0.39, 0.29) is 0 Å². The molecule has 0 bridgehead atoms. The fraction of sp³-hybridized carbons (Fsp3) is 0.533. The van der Waals surface area contributed by atoms with Crippen LogP contribution in [0.2, 0.25) is 0 Å². The largest absolute Gasteiger partial charge is 0.359 e. The van der Waals surface area contributed by atoms with Gasteiger partial charge in [0.05, 0.1) is 0 Å². The molecule has 0 saturated carbocycles. The second kappa shape index (κ2) is 12.8. The summed E-state index contributed by atoms with van der Waals surface area (Å²) in [6.45, 7) is 13.1. The molecule has 2 nitrogen and oxygen atoms in total. The van der Waals surface area contributed by atoms with E-state index in [9.17, 15) is 4.79 Å². The van der Waals surface area contributed by atoms with Crippen LogP contribution in [0.15, 0.2) is 24.3 Å². The van der Waals surface area contributed by atoms with Gasteiger partial charge in [0.2, 0.25) is 6.41 Å². The van der Waals surface area contributed by atoms with E-state index >= 15 is 0 Å². The van der Waals surface area contributed by atoms with E-state index in [1.807, 2.05) is 20.8 Å². The molecular weight excluding hydrogens is 210 g/mol. The SMILES string of the molecule is CC.CCNC=O.Cc1ccc(C(C)C)cc1. The highest BCUT2D eigenvalue weighted by Gasteiger charge is 1.95. The van der Waals surface area contributed by atoms with Gasteiger partial charge in [-0.3, -0.25) is 4.79 Å². The third-order valence-corrected chi connectivity index (χ3v) is 2.03. The van der Waals surface area contributed by atoms with Gasteiger partial charge in [0, 0.05) is 6.54 Å². The van der Waals surface area contributed by atoms with Gasteiger partial charge in [-0.2, -0.15) is 0 Å². The Morgan fingerprint density at radius 3 is 1.88 bits per heavy atom. The molecular formula is C15H27NO. The standard InChI is InChI=1S/C10H14.C3H7NO.C2H6/c1-8(2)10-6-4-9(3)5-7-10;1-2-4-3-5;1-2/h4-8H,1-3H3;3H,2H2,1H3,(H,4,5);1-2H3. The minimum atomic E-state index is 0.653. The van der Waals surface area contributed by atoms with E-state index in [0.717, 1.165) is 6.54 Å². The van der Waals surface area contributed by atoms with Crippen molar-refractivity contribution in [1.82, 2.24) is 5.32 Å². The fourth-order valence-corrected chi connectivity index (χ4v) is 1.03. The summed E-state index contributed by atoms with van der Waals surface area (Å²) in [6, 6.07) is 8.71. The first-order valence-electron chi connectivity index (χ1n) is 6.35. The highest BCUT2D eigenvalue weighted by molar-refractivity contribution is 5.45. The Morgan fingerprint density at radius 1 is 1.18 bits per heavy atom. The number of benzene rings is 1. The Balaban J connectivity index is 0. The summed E-state index contributed by atoms with van der Waals surface area (Å²) < 4.78 is 0. The maximum absolute atomic E-state index is 9.29. The van der Waals surface area contributed by atoms with Gasteiger partial charge in [-0.1, -0.05) is 57.5 Å². The van der Waals surface area contributed by atoms with Crippen LogP contribution in [0.4, 0.5) is 0 Å². The summed E-state index contributed by atoms with van der Waals surface area (Å²) in [5.41, 5.74) is 2.76. The van der Waals surface area contributed by atoms with Gasteiger partial charge in [0.25, 0.3) is 0 Å². The molecule has 0 spiro atoms. The van der Waals surface area contributed by atoms with Crippen molar-refractivity contribution in [1.29, 1.82) is 0 Å². The molecule has 0 aliphatic heterocycles. The normalized spacial score (nSPS) is 8.41. The molecule has 0 heterocycles. The lowest BCUT2D eigenvalue weighted by Crippen LogP contribution is -2.07. The Labute approximate surface area is 106 Å². The number of amides is 1. The molecule has 1 rings (SSSR count). The molecule has 1 aromatic rings. The number of rotatable bonds is 3. The van der Waals surface area contributed by atoms with Crippen LogP contribution in [0.1, 0.15) is 51.7 Å². The average Bonchev–Trinajstić information content (AvgIpc) is 2.34. The molecule has 0 fully saturated rings. The molecule has 2 heteroatoms. The second-order valence-electron chi connectivity index (χ2n) is 3.74. The van der Waals surface area contributed by atoms with Crippen LogP contribution in [0.25, 0.3) is 0 Å². The van der Waals surface area contributed by atoms with Crippen molar-refractivity contribution < 1.29 is 4.79 Å². The van der Waals surface area contributed by atoms with Crippen molar-refractivity contribution in [2.75, 3.05) is 6.54 Å². The third kappa shape index (κ3) is 11.0. The van der Waals surface area contributed by atoms with Crippen LogP contribution >= 0.6 is 0 Å². The number of nitrogens with one attached hydrogen (secondary N) is 1. The Kier molecular flexibility index (Phi) is 13.6. The van der Waals surface area contributed by atoms with Gasteiger partial charge in [0.15, 0.2) is 0 Å². The van der Waals surface area contributed by atoms with Gasteiger partial charge < -0.3 is 5.32 Å². The fourth-order valence-electron chi connectivity index (χ4n) is 1.03. The minimum absolute atomic E-state index is 0.653. The highest BCUT2D eigenvalue weighted by Crippen LogP contribution is 2.13. The molecule has 0 radical (unpaired) electrons. The van der Waals surface area contributed by atoms with Crippen LogP contribution in [0.3, 0.4) is 0 Å². The molecule has 0 unspecified atom stereocenters. The van der Waals surface area contributed by atoms with E-state index < -0.39 is 0 Å². The first kappa shape index (κ1) is 18.1. The number of hydrogen-bond donors (Lipinski definition) is 1. The molecule has 98 valence electrons. The summed E-state index contributed by atoms with van der Waals surface area (Å²) in [6.07, 6.45) is 0.681. The van der Waals surface area contributed by atoms with Gasteiger partial charge >= 0.3 is 0 Å². The Bertz CT molecular complexity index is 265. The van der Waals surface area contributed by atoms with Gasteiger partial charge in [-0.15, -0.1) is 0 Å². The summed E-state index contributed by atoms with van der Waals surface area (Å²) in [4.78, 5) is 9.29. The molecule has 0 aliphatic carbocycles. The van der Waals surface area contributed by atoms with Crippen LogP contribution in [0.5, 0.6) is 0 Å². The van der Waals surface area contributed by atoms with E-state index in [1.54, 1.807) is 0 Å². The van der Waals surface area contributed by atoms with E-state index in [2.05, 4.69) is 50.4 Å². The zero-order valence-electron chi connectivity index (χ0n) is 12.1. The molecule has 17 heavy (non-hydrogen) atoms. The predicted octanol–water partition coefficient (Wildman–Crippen LogP) is 3.90. The van der Waals surface area contributed by atoms with Crippen molar-refractivity contribution in [3.63, 3.8) is 0 Å². The zero-order valence-corrected chi connectivity index (χ0v) is 12.1. The summed E-state index contributed by atoms with van der Waals surface area (Å²) in [5, 5.41) is 2.43. The summed E-state index contributed by atoms with van der Waals surface area (Å²) >= 11 is 0. The number of carbonyl (C=O) groups is 1. The lowest BCUT2D eigenvalue weighted by molar-refractivity contribution is -0.109. The Morgan fingerprint density at radius 2 is 1.65 bits per heavy atom. The maximum atomic E-state index is 9.29. The molecule has 1 aromatic carbocycles. The van der Waals surface area contributed by atoms with Gasteiger partial charge in [-0.05, 0) is 25.3 Å². The maximum Gasteiger partial charge on any atom is 0.207 e. The van der Waals surface area contributed by atoms with Crippen molar-refractivity contribution >= 4 is 6.41 Å². The van der Waals surface area contributed by atoms with E-state index in [0.29, 0.717) is 12.3 Å². The molecule has 0 atom stereocenters. The van der Waals surface area contributed by atoms with Crippen LogP contribution < -0.4 is 5.32 Å². The first-order valence-corrected chi connectivity index (χ1v) is 6.35. The third-order valence-electron chi connectivity index (χ3n) is 2.03. The van der Waals surface area contributed by atoms with E-state index in [4.69, 9.17) is 0 Å². The second-order valence-corrected chi connectivity index (χ2v) is 3.74. The molecule has 0 aliphatic rings. The molecule has 1 N–H and O–H groups in total. The van der Waals surface area contributed by atoms with Crippen molar-refractivity contribution in [3.05, 3.63) is 35.4 Å². The number of aryl methyl sites for hydroxylation is 1. The van der Waals surface area contributed by atoms with Gasteiger partial charge in [0.1, 0.15) is 0 Å². The number of hydrogen-bond acceptors (Lipinski definition) is 1. The van der Waals surface area contributed by atoms with Crippen molar-refractivity contribution in [2.24, 2.45) is 0 Å². The summed E-state index contributed by atoms with van der Waals surface area (Å²) in [7, 11) is 0. The van der Waals surface area contributed by atoms with Crippen molar-refractivity contribution in [3.8, 4) is 0 Å². The average molecular weight is 237 g/mol. The monoisotopic (exact) mass is 237 g/mol. The van der Waals surface area contributed by atoms with Crippen molar-refractivity contribution in [2.45, 2.75) is 47.5 Å². The predicted molar refractivity (Wildman–Crippen MR) is 76.4 cm³/mol. The van der Waals surface area contributed by atoms with Crippen LogP contribution in [-0.4, -0.2) is 13.0 Å². The topological polar surface area (TPSA) is 29.1 Å². The molecule has 0 saturated heterocycles.